The molecule has 0 radical (unpaired) electrons. The van der Waals surface area contributed by atoms with Gasteiger partial charge in [-0.25, -0.2) is 0 Å². The normalized spacial score (nSPS) is 11.0. The predicted octanol–water partition coefficient (Wildman–Crippen LogP) is 4.40. The first kappa shape index (κ1) is 18.5. The summed E-state index contributed by atoms with van der Waals surface area (Å²) in [5.41, 5.74) is 2.80. The molecule has 0 aliphatic heterocycles. The number of anilines is 1. The number of fused-ring (bicyclic) bond motifs is 1. The molecule has 0 saturated carbocycles. The van der Waals surface area contributed by atoms with Crippen LogP contribution in [-0.2, 0) is 11.2 Å². The summed E-state index contributed by atoms with van der Waals surface area (Å²) in [5.74, 6) is 0.412. The lowest BCUT2D eigenvalue weighted by Crippen LogP contribution is -2.22. The van der Waals surface area contributed by atoms with Crippen LogP contribution in [0.3, 0.4) is 0 Å². The van der Waals surface area contributed by atoms with Crippen LogP contribution in [0.2, 0.25) is 0 Å². The summed E-state index contributed by atoms with van der Waals surface area (Å²) < 4.78 is 5.84. The minimum Gasteiger partial charge on any atom is -0.460 e. The lowest BCUT2D eigenvalue weighted by Gasteiger charge is -2.06. The molecule has 5 heteroatoms. The summed E-state index contributed by atoms with van der Waals surface area (Å²) in [4.78, 5) is 24.2. The molecule has 2 N–H and O–H groups in total. The maximum atomic E-state index is 12.3. The van der Waals surface area contributed by atoms with E-state index in [2.05, 4.69) is 10.6 Å². The Kier molecular flexibility index (Phi) is 5.71. The molecule has 2 aromatic carbocycles. The molecule has 0 aliphatic rings. The molecule has 27 heavy (non-hydrogen) atoms. The van der Waals surface area contributed by atoms with Gasteiger partial charge in [0.1, 0.15) is 11.3 Å². The topological polar surface area (TPSA) is 71.3 Å². The molecule has 3 rings (SSSR count). The second-order valence-electron chi connectivity index (χ2n) is 6.05. The Balaban J connectivity index is 1.77. The number of carbonyl (C=O) groups is 2. The van der Waals surface area contributed by atoms with Gasteiger partial charge in [0.05, 0.1) is 0 Å². The van der Waals surface area contributed by atoms with Gasteiger partial charge in [-0.05, 0) is 37.3 Å². The zero-order valence-electron chi connectivity index (χ0n) is 15.4. The monoisotopic (exact) mass is 362 g/mol. The fraction of sp³-hybridized carbons (Fsp3) is 0.182. The van der Waals surface area contributed by atoms with Crippen molar-refractivity contribution in [1.29, 1.82) is 0 Å². The van der Waals surface area contributed by atoms with Crippen molar-refractivity contribution in [1.82, 2.24) is 5.32 Å². The minimum atomic E-state index is -0.268. The van der Waals surface area contributed by atoms with Gasteiger partial charge in [-0.15, -0.1) is 0 Å². The van der Waals surface area contributed by atoms with E-state index in [1.807, 2.05) is 38.1 Å². The summed E-state index contributed by atoms with van der Waals surface area (Å²) in [6.45, 7) is 4.43. The van der Waals surface area contributed by atoms with Gasteiger partial charge in [-0.2, -0.15) is 0 Å². The number of hydrogen-bond acceptors (Lipinski definition) is 3. The van der Waals surface area contributed by atoms with Crippen molar-refractivity contribution in [2.45, 2.75) is 20.3 Å². The number of aryl methyl sites for hydroxylation is 1. The summed E-state index contributed by atoms with van der Waals surface area (Å²) in [7, 11) is 0. The number of nitrogens with one attached hydrogen (secondary N) is 2. The highest BCUT2D eigenvalue weighted by molar-refractivity contribution is 6.04. The number of furan rings is 1. The average Bonchev–Trinajstić information content (AvgIpc) is 3.04. The van der Waals surface area contributed by atoms with Crippen LogP contribution in [0.15, 0.2) is 59.0 Å². The highest BCUT2D eigenvalue weighted by atomic mass is 16.3. The van der Waals surface area contributed by atoms with E-state index < -0.39 is 0 Å². The fourth-order valence-corrected chi connectivity index (χ4v) is 2.91. The first-order valence-corrected chi connectivity index (χ1v) is 9.00. The third kappa shape index (κ3) is 4.26. The van der Waals surface area contributed by atoms with Crippen LogP contribution in [-0.4, -0.2) is 18.4 Å². The zero-order valence-corrected chi connectivity index (χ0v) is 15.4. The van der Waals surface area contributed by atoms with E-state index in [4.69, 9.17) is 4.42 Å². The van der Waals surface area contributed by atoms with E-state index in [1.165, 1.54) is 6.08 Å². The van der Waals surface area contributed by atoms with Crippen LogP contribution in [0.4, 0.5) is 5.69 Å². The van der Waals surface area contributed by atoms with Crippen molar-refractivity contribution in [3.63, 3.8) is 0 Å². The van der Waals surface area contributed by atoms with Crippen LogP contribution < -0.4 is 10.6 Å². The fourth-order valence-electron chi connectivity index (χ4n) is 2.91. The molecule has 3 aromatic rings. The van der Waals surface area contributed by atoms with E-state index in [1.54, 1.807) is 30.3 Å². The summed E-state index contributed by atoms with van der Waals surface area (Å²) in [5, 5.41) is 6.51. The van der Waals surface area contributed by atoms with E-state index in [-0.39, 0.29) is 11.8 Å². The molecule has 0 saturated heterocycles. The third-order valence-electron chi connectivity index (χ3n) is 4.16. The molecular formula is C22H22N2O3. The molecule has 0 spiro atoms. The minimum absolute atomic E-state index is 0.165. The smallest absolute Gasteiger partial charge is 0.251 e. The van der Waals surface area contributed by atoms with Gasteiger partial charge in [0, 0.05) is 41.2 Å². The van der Waals surface area contributed by atoms with E-state index in [9.17, 15) is 9.59 Å². The molecule has 2 amide bonds. The first-order chi connectivity index (χ1) is 13.1. The van der Waals surface area contributed by atoms with Crippen molar-refractivity contribution >= 4 is 34.5 Å². The van der Waals surface area contributed by atoms with Gasteiger partial charge in [0.15, 0.2) is 0 Å². The number of rotatable bonds is 6. The van der Waals surface area contributed by atoms with Crippen molar-refractivity contribution < 1.29 is 14.0 Å². The molecule has 0 unspecified atom stereocenters. The van der Waals surface area contributed by atoms with Crippen LogP contribution in [0.25, 0.3) is 17.0 Å². The SMILES string of the molecule is CCNC(=O)c1cccc(NC(=O)/C=C/c2c(CC)oc3ccccc23)c1. The van der Waals surface area contributed by atoms with Gasteiger partial charge >= 0.3 is 0 Å². The van der Waals surface area contributed by atoms with Crippen LogP contribution in [0.1, 0.15) is 35.5 Å². The highest BCUT2D eigenvalue weighted by Gasteiger charge is 2.10. The molecule has 1 heterocycles. The van der Waals surface area contributed by atoms with Crippen molar-refractivity contribution in [3.05, 3.63) is 71.5 Å². The average molecular weight is 362 g/mol. The number of carbonyl (C=O) groups excluding carboxylic acids is 2. The molecule has 0 aliphatic carbocycles. The molecule has 0 atom stereocenters. The molecular weight excluding hydrogens is 340 g/mol. The molecule has 5 nitrogen and oxygen atoms in total. The van der Waals surface area contributed by atoms with E-state index in [0.717, 1.165) is 28.7 Å². The molecule has 0 fully saturated rings. The van der Waals surface area contributed by atoms with Crippen LogP contribution >= 0.6 is 0 Å². The van der Waals surface area contributed by atoms with Gasteiger partial charge in [-0.1, -0.05) is 31.2 Å². The predicted molar refractivity (Wildman–Crippen MR) is 108 cm³/mol. The number of amides is 2. The Bertz CT molecular complexity index is 1000. The van der Waals surface area contributed by atoms with Gasteiger partial charge in [0.25, 0.3) is 5.91 Å². The Labute approximate surface area is 158 Å². The summed E-state index contributed by atoms with van der Waals surface area (Å²) in [6, 6.07) is 14.6. The zero-order chi connectivity index (χ0) is 19.2. The second-order valence-corrected chi connectivity index (χ2v) is 6.05. The number of hydrogen-bond donors (Lipinski definition) is 2. The standard InChI is InChI=1S/C22H22N2O3/c1-3-19-18(17-10-5-6-11-20(17)27-19)12-13-21(25)24-16-9-7-8-15(14-16)22(26)23-4-2/h5-14H,3-4H2,1-2H3,(H,23,26)(H,24,25)/b13-12+. The lowest BCUT2D eigenvalue weighted by molar-refractivity contribution is -0.111. The van der Waals surface area contributed by atoms with Gasteiger partial charge < -0.3 is 15.1 Å². The summed E-state index contributed by atoms with van der Waals surface area (Å²) >= 11 is 0. The maximum Gasteiger partial charge on any atom is 0.251 e. The summed E-state index contributed by atoms with van der Waals surface area (Å²) in [6.07, 6.45) is 3.99. The second kappa shape index (κ2) is 8.36. The Morgan fingerprint density at radius 3 is 2.67 bits per heavy atom. The maximum absolute atomic E-state index is 12.3. The van der Waals surface area contributed by atoms with Crippen molar-refractivity contribution in [2.24, 2.45) is 0 Å². The lowest BCUT2D eigenvalue weighted by atomic mass is 10.1. The Morgan fingerprint density at radius 2 is 1.89 bits per heavy atom. The quantitative estimate of drug-likeness (QED) is 0.639. The first-order valence-electron chi connectivity index (χ1n) is 9.00. The number of para-hydroxylation sites is 1. The number of benzene rings is 2. The molecule has 1 aromatic heterocycles. The molecule has 138 valence electrons. The van der Waals surface area contributed by atoms with Gasteiger partial charge in [0.2, 0.25) is 5.91 Å². The Hall–Kier alpha value is -3.34. The van der Waals surface area contributed by atoms with Crippen molar-refractivity contribution in [2.75, 3.05) is 11.9 Å². The van der Waals surface area contributed by atoms with E-state index in [0.29, 0.717) is 17.8 Å². The highest BCUT2D eigenvalue weighted by Crippen LogP contribution is 2.27. The molecule has 0 bridgehead atoms. The van der Waals surface area contributed by atoms with Gasteiger partial charge in [-0.3, -0.25) is 9.59 Å². The largest absolute Gasteiger partial charge is 0.460 e. The van der Waals surface area contributed by atoms with Crippen LogP contribution in [0.5, 0.6) is 0 Å². The van der Waals surface area contributed by atoms with Crippen LogP contribution in [0, 0.1) is 0 Å². The Morgan fingerprint density at radius 1 is 1.07 bits per heavy atom. The third-order valence-corrected chi connectivity index (χ3v) is 4.16. The van der Waals surface area contributed by atoms with E-state index >= 15 is 0 Å². The van der Waals surface area contributed by atoms with Crippen molar-refractivity contribution in [3.8, 4) is 0 Å².